The lowest BCUT2D eigenvalue weighted by atomic mass is 9.99. The Morgan fingerprint density at radius 3 is 2.79 bits per heavy atom. The highest BCUT2D eigenvalue weighted by Gasteiger charge is 2.25. The molecular weight excluding hydrogens is 236 g/mol. The highest BCUT2D eigenvalue weighted by Crippen LogP contribution is 2.28. The SMILES string of the molecule is CC1CNCCCN(c2ccccc2C(C)C)C1=O. The van der Waals surface area contributed by atoms with E-state index in [-0.39, 0.29) is 11.8 Å². The standard InChI is InChI=1S/C16H24N2O/c1-12(2)14-7-4-5-8-15(14)18-10-6-9-17-11-13(3)16(18)19/h4-5,7-8,12-13,17H,6,9-11H2,1-3H3. The van der Waals surface area contributed by atoms with E-state index >= 15 is 0 Å². The molecule has 2 rings (SSSR count). The lowest BCUT2D eigenvalue weighted by Gasteiger charge is -2.31. The minimum absolute atomic E-state index is 0.0421. The van der Waals surface area contributed by atoms with Crippen LogP contribution in [0.2, 0.25) is 0 Å². The average molecular weight is 260 g/mol. The molecule has 104 valence electrons. The molecule has 0 spiro atoms. The molecule has 19 heavy (non-hydrogen) atoms. The van der Waals surface area contributed by atoms with Crippen LogP contribution in [0.15, 0.2) is 24.3 Å². The molecular formula is C16H24N2O. The Labute approximate surface area is 116 Å². The van der Waals surface area contributed by atoms with Gasteiger partial charge in [-0.15, -0.1) is 0 Å². The maximum absolute atomic E-state index is 12.6. The van der Waals surface area contributed by atoms with Gasteiger partial charge in [-0.25, -0.2) is 0 Å². The fourth-order valence-electron chi connectivity index (χ4n) is 2.60. The van der Waals surface area contributed by atoms with Crippen molar-refractivity contribution in [3.63, 3.8) is 0 Å². The molecule has 1 fully saturated rings. The van der Waals surface area contributed by atoms with Gasteiger partial charge in [-0.1, -0.05) is 39.0 Å². The first-order valence-electron chi connectivity index (χ1n) is 7.22. The Morgan fingerprint density at radius 1 is 1.32 bits per heavy atom. The Bertz CT molecular complexity index is 442. The number of carbonyl (C=O) groups excluding carboxylic acids is 1. The van der Waals surface area contributed by atoms with Gasteiger partial charge in [-0.3, -0.25) is 4.79 Å². The molecule has 3 heteroatoms. The molecule has 1 N–H and O–H groups in total. The van der Waals surface area contributed by atoms with Crippen molar-refractivity contribution in [3.05, 3.63) is 29.8 Å². The van der Waals surface area contributed by atoms with E-state index in [9.17, 15) is 4.79 Å². The van der Waals surface area contributed by atoms with E-state index in [1.54, 1.807) is 0 Å². The lowest BCUT2D eigenvalue weighted by molar-refractivity contribution is -0.122. The summed E-state index contributed by atoms with van der Waals surface area (Å²) in [6.07, 6.45) is 1.00. The molecule has 1 aromatic carbocycles. The summed E-state index contributed by atoms with van der Waals surface area (Å²) >= 11 is 0. The van der Waals surface area contributed by atoms with Gasteiger partial charge in [0.1, 0.15) is 0 Å². The van der Waals surface area contributed by atoms with Crippen LogP contribution in [0.4, 0.5) is 5.69 Å². The predicted molar refractivity (Wildman–Crippen MR) is 79.5 cm³/mol. The third-order valence-corrected chi connectivity index (χ3v) is 3.72. The Balaban J connectivity index is 2.34. The van der Waals surface area contributed by atoms with Crippen molar-refractivity contribution >= 4 is 11.6 Å². The molecule has 1 saturated heterocycles. The van der Waals surface area contributed by atoms with E-state index in [1.165, 1.54) is 5.56 Å². The second kappa shape index (κ2) is 6.20. The summed E-state index contributed by atoms with van der Waals surface area (Å²) in [6, 6.07) is 8.29. The van der Waals surface area contributed by atoms with E-state index in [0.29, 0.717) is 5.92 Å². The average Bonchev–Trinajstić information content (AvgIpc) is 2.40. The van der Waals surface area contributed by atoms with Crippen molar-refractivity contribution in [1.29, 1.82) is 0 Å². The number of rotatable bonds is 2. The van der Waals surface area contributed by atoms with Crippen molar-refractivity contribution in [3.8, 4) is 0 Å². The zero-order chi connectivity index (χ0) is 13.8. The quantitative estimate of drug-likeness (QED) is 0.887. The van der Waals surface area contributed by atoms with Crippen molar-refractivity contribution in [1.82, 2.24) is 5.32 Å². The number of nitrogens with zero attached hydrogens (tertiary/aromatic N) is 1. The molecule has 0 aliphatic carbocycles. The molecule has 0 saturated carbocycles. The molecule has 0 radical (unpaired) electrons. The van der Waals surface area contributed by atoms with Gasteiger partial charge in [-0.05, 0) is 30.5 Å². The van der Waals surface area contributed by atoms with Crippen molar-refractivity contribution < 1.29 is 4.79 Å². The van der Waals surface area contributed by atoms with Crippen LogP contribution in [0.25, 0.3) is 0 Å². The van der Waals surface area contributed by atoms with Gasteiger partial charge in [0.05, 0.1) is 0 Å². The monoisotopic (exact) mass is 260 g/mol. The summed E-state index contributed by atoms with van der Waals surface area (Å²) < 4.78 is 0. The van der Waals surface area contributed by atoms with Crippen LogP contribution in [0.5, 0.6) is 0 Å². The number of anilines is 1. The van der Waals surface area contributed by atoms with E-state index in [0.717, 1.165) is 31.7 Å². The highest BCUT2D eigenvalue weighted by atomic mass is 16.2. The van der Waals surface area contributed by atoms with Crippen LogP contribution in [-0.4, -0.2) is 25.5 Å². The van der Waals surface area contributed by atoms with E-state index < -0.39 is 0 Å². The van der Waals surface area contributed by atoms with Crippen LogP contribution < -0.4 is 10.2 Å². The van der Waals surface area contributed by atoms with Crippen LogP contribution in [0.3, 0.4) is 0 Å². The molecule has 1 aliphatic heterocycles. The summed E-state index contributed by atoms with van der Waals surface area (Å²) in [5, 5.41) is 3.33. The second-order valence-corrected chi connectivity index (χ2v) is 5.66. The van der Waals surface area contributed by atoms with Gasteiger partial charge in [0.25, 0.3) is 0 Å². The number of benzene rings is 1. The third kappa shape index (κ3) is 3.16. The number of hydrogen-bond donors (Lipinski definition) is 1. The van der Waals surface area contributed by atoms with Gasteiger partial charge in [0, 0.05) is 24.7 Å². The first kappa shape index (κ1) is 14.1. The first-order chi connectivity index (χ1) is 9.11. The summed E-state index contributed by atoms with van der Waals surface area (Å²) in [5.41, 5.74) is 2.35. The molecule has 1 aromatic rings. The topological polar surface area (TPSA) is 32.3 Å². The van der Waals surface area contributed by atoms with Crippen LogP contribution in [0, 0.1) is 5.92 Å². The zero-order valence-electron chi connectivity index (χ0n) is 12.1. The first-order valence-corrected chi connectivity index (χ1v) is 7.22. The van der Waals surface area contributed by atoms with E-state index in [2.05, 4.69) is 37.4 Å². The summed E-state index contributed by atoms with van der Waals surface area (Å²) in [6.45, 7) is 8.93. The number of carbonyl (C=O) groups is 1. The van der Waals surface area contributed by atoms with Crippen molar-refractivity contribution in [2.45, 2.75) is 33.1 Å². The molecule has 1 unspecified atom stereocenters. The normalized spacial score (nSPS) is 21.4. The largest absolute Gasteiger partial charge is 0.316 e. The van der Waals surface area contributed by atoms with Crippen LogP contribution in [0.1, 0.15) is 38.7 Å². The smallest absolute Gasteiger partial charge is 0.231 e. The van der Waals surface area contributed by atoms with Crippen molar-refractivity contribution in [2.75, 3.05) is 24.5 Å². The van der Waals surface area contributed by atoms with E-state index in [1.807, 2.05) is 17.9 Å². The number of hydrogen-bond acceptors (Lipinski definition) is 2. The molecule has 1 aliphatic rings. The molecule has 1 heterocycles. The number of amides is 1. The Morgan fingerprint density at radius 2 is 2.05 bits per heavy atom. The predicted octanol–water partition coefficient (Wildman–Crippen LogP) is 2.77. The second-order valence-electron chi connectivity index (χ2n) is 5.66. The van der Waals surface area contributed by atoms with Gasteiger partial charge in [-0.2, -0.15) is 0 Å². The van der Waals surface area contributed by atoms with Crippen LogP contribution >= 0.6 is 0 Å². The van der Waals surface area contributed by atoms with Gasteiger partial charge >= 0.3 is 0 Å². The van der Waals surface area contributed by atoms with Crippen molar-refractivity contribution in [2.24, 2.45) is 5.92 Å². The Kier molecular flexibility index (Phi) is 4.59. The maximum Gasteiger partial charge on any atom is 0.231 e. The van der Waals surface area contributed by atoms with Gasteiger partial charge < -0.3 is 10.2 Å². The molecule has 3 nitrogen and oxygen atoms in total. The lowest BCUT2D eigenvalue weighted by Crippen LogP contribution is -2.43. The summed E-state index contributed by atoms with van der Waals surface area (Å²) in [7, 11) is 0. The fraction of sp³-hybridized carbons (Fsp3) is 0.562. The fourth-order valence-corrected chi connectivity index (χ4v) is 2.60. The van der Waals surface area contributed by atoms with Crippen LogP contribution in [-0.2, 0) is 4.79 Å². The summed E-state index contributed by atoms with van der Waals surface area (Å²) in [5.74, 6) is 0.712. The number of para-hydroxylation sites is 1. The summed E-state index contributed by atoms with van der Waals surface area (Å²) in [4.78, 5) is 14.5. The zero-order valence-corrected chi connectivity index (χ0v) is 12.1. The minimum atomic E-state index is 0.0421. The maximum atomic E-state index is 12.6. The Hall–Kier alpha value is -1.35. The molecule has 0 bridgehead atoms. The van der Waals surface area contributed by atoms with E-state index in [4.69, 9.17) is 0 Å². The minimum Gasteiger partial charge on any atom is -0.316 e. The highest BCUT2D eigenvalue weighted by molar-refractivity contribution is 5.95. The number of nitrogens with one attached hydrogen (secondary N) is 1. The third-order valence-electron chi connectivity index (χ3n) is 3.72. The molecule has 1 amide bonds. The van der Waals surface area contributed by atoms with Gasteiger partial charge in [0.15, 0.2) is 0 Å². The molecule has 1 atom stereocenters. The molecule has 0 aromatic heterocycles. The van der Waals surface area contributed by atoms with Gasteiger partial charge in [0.2, 0.25) is 5.91 Å².